The number of ether oxygens (including phenoxy) is 1. The summed E-state index contributed by atoms with van der Waals surface area (Å²) in [4.78, 5) is 11.1. The summed E-state index contributed by atoms with van der Waals surface area (Å²) in [5.41, 5.74) is 3.94. The number of benzene rings is 2. The molecular weight excluding hydrogens is 334 g/mol. The lowest BCUT2D eigenvalue weighted by molar-refractivity contribution is 0.182. The van der Waals surface area contributed by atoms with Crippen molar-refractivity contribution in [3.8, 4) is 5.75 Å². The van der Waals surface area contributed by atoms with Crippen LogP contribution in [-0.2, 0) is 12.8 Å². The second kappa shape index (κ2) is 8.49. The van der Waals surface area contributed by atoms with Crippen molar-refractivity contribution in [1.29, 1.82) is 0 Å². The van der Waals surface area contributed by atoms with Gasteiger partial charge in [-0.15, -0.1) is 0 Å². The number of rotatable bonds is 8. The van der Waals surface area contributed by atoms with E-state index in [4.69, 9.17) is 4.74 Å². The lowest BCUT2D eigenvalue weighted by atomic mass is 10.1. The van der Waals surface area contributed by atoms with E-state index in [1.165, 1.54) is 30.4 Å². The van der Waals surface area contributed by atoms with Crippen LogP contribution in [0, 0.1) is 0 Å². The van der Waals surface area contributed by atoms with Crippen LogP contribution in [0.4, 0.5) is 0 Å². The zero-order valence-corrected chi connectivity index (χ0v) is 16.0. The molecular formula is C23H27N3O. The van der Waals surface area contributed by atoms with Gasteiger partial charge in [0.1, 0.15) is 17.6 Å². The van der Waals surface area contributed by atoms with Crippen LogP contribution in [0.5, 0.6) is 5.75 Å². The van der Waals surface area contributed by atoms with Crippen molar-refractivity contribution in [3.63, 3.8) is 0 Å². The van der Waals surface area contributed by atoms with Crippen molar-refractivity contribution in [3.05, 3.63) is 66.1 Å². The smallest absolute Gasteiger partial charge is 0.145 e. The molecule has 1 aliphatic carbocycles. The molecule has 0 radical (unpaired) electrons. The molecule has 4 nitrogen and oxygen atoms in total. The molecule has 1 heterocycles. The van der Waals surface area contributed by atoms with Gasteiger partial charge in [-0.25, -0.2) is 9.97 Å². The second-order valence-electron chi connectivity index (χ2n) is 7.29. The Kier molecular flexibility index (Phi) is 5.64. The summed E-state index contributed by atoms with van der Waals surface area (Å²) in [7, 11) is 0. The van der Waals surface area contributed by atoms with E-state index in [0.29, 0.717) is 12.6 Å². The van der Waals surface area contributed by atoms with Crippen LogP contribution >= 0.6 is 0 Å². The Labute approximate surface area is 161 Å². The molecule has 0 amide bonds. The lowest BCUT2D eigenvalue weighted by Crippen LogP contribution is -2.37. The average molecular weight is 361 g/mol. The summed E-state index contributed by atoms with van der Waals surface area (Å²) in [6, 6.07) is 15.5. The molecule has 27 heavy (non-hydrogen) atoms. The van der Waals surface area contributed by atoms with Crippen molar-refractivity contribution < 1.29 is 4.74 Å². The summed E-state index contributed by atoms with van der Waals surface area (Å²) >= 11 is 0. The van der Waals surface area contributed by atoms with Gasteiger partial charge in [-0.05, 0) is 49.4 Å². The third kappa shape index (κ3) is 4.11. The van der Waals surface area contributed by atoms with E-state index in [0.717, 1.165) is 36.2 Å². The van der Waals surface area contributed by atoms with Gasteiger partial charge in [0.25, 0.3) is 0 Å². The van der Waals surface area contributed by atoms with Gasteiger partial charge in [0, 0.05) is 24.2 Å². The number of para-hydroxylation sites is 1. The van der Waals surface area contributed by atoms with E-state index in [1.807, 2.05) is 24.4 Å². The van der Waals surface area contributed by atoms with Crippen LogP contribution < -0.4 is 4.74 Å². The highest BCUT2D eigenvalue weighted by molar-refractivity contribution is 5.83. The predicted molar refractivity (Wildman–Crippen MR) is 109 cm³/mol. The monoisotopic (exact) mass is 361 g/mol. The molecule has 0 fully saturated rings. The van der Waals surface area contributed by atoms with Crippen LogP contribution in [-0.4, -0.2) is 40.6 Å². The minimum Gasteiger partial charge on any atom is -0.491 e. The Balaban J connectivity index is 1.33. The van der Waals surface area contributed by atoms with Crippen LogP contribution in [0.3, 0.4) is 0 Å². The fourth-order valence-electron chi connectivity index (χ4n) is 4.11. The number of hydrogen-bond acceptors (Lipinski definition) is 4. The summed E-state index contributed by atoms with van der Waals surface area (Å²) in [6.07, 6.45) is 7.97. The average Bonchev–Trinajstić information content (AvgIpc) is 3.14. The maximum absolute atomic E-state index is 6.06. The van der Waals surface area contributed by atoms with Crippen molar-refractivity contribution in [1.82, 2.24) is 14.9 Å². The summed E-state index contributed by atoms with van der Waals surface area (Å²) in [5, 5.41) is 1.02. The van der Waals surface area contributed by atoms with Gasteiger partial charge in [-0.3, -0.25) is 4.90 Å². The molecule has 140 valence electrons. The molecule has 1 aromatic heterocycles. The Hall–Kier alpha value is -2.46. The van der Waals surface area contributed by atoms with E-state index in [2.05, 4.69) is 46.1 Å². The normalized spacial score (nSPS) is 14.0. The van der Waals surface area contributed by atoms with Gasteiger partial charge in [-0.1, -0.05) is 43.3 Å². The van der Waals surface area contributed by atoms with Gasteiger partial charge in [-0.2, -0.15) is 0 Å². The first-order valence-electron chi connectivity index (χ1n) is 9.97. The molecule has 2 aromatic carbocycles. The van der Waals surface area contributed by atoms with E-state index in [9.17, 15) is 0 Å². The molecule has 0 spiro atoms. The quantitative estimate of drug-likeness (QED) is 0.561. The maximum atomic E-state index is 6.06. The van der Waals surface area contributed by atoms with Crippen LogP contribution in [0.1, 0.15) is 30.9 Å². The predicted octanol–water partition coefficient (Wildman–Crippen LogP) is 4.28. The third-order valence-corrected chi connectivity index (χ3v) is 5.40. The SMILES string of the molecule is CCCN(CCCOc1cccc2cncnc12)C1Cc2ccccc2C1. The number of aromatic nitrogens is 2. The van der Waals surface area contributed by atoms with Gasteiger partial charge >= 0.3 is 0 Å². The number of nitrogens with zero attached hydrogens (tertiary/aromatic N) is 3. The fourth-order valence-corrected chi connectivity index (χ4v) is 4.11. The minimum atomic E-state index is 0.632. The van der Waals surface area contributed by atoms with Crippen molar-refractivity contribution in [2.24, 2.45) is 0 Å². The van der Waals surface area contributed by atoms with Gasteiger partial charge in [0.2, 0.25) is 0 Å². The summed E-state index contributed by atoms with van der Waals surface area (Å²) in [5.74, 6) is 0.852. The summed E-state index contributed by atoms with van der Waals surface area (Å²) in [6.45, 7) is 5.21. The zero-order chi connectivity index (χ0) is 18.5. The Morgan fingerprint density at radius 3 is 2.63 bits per heavy atom. The maximum Gasteiger partial charge on any atom is 0.145 e. The Morgan fingerprint density at radius 2 is 1.85 bits per heavy atom. The van der Waals surface area contributed by atoms with Gasteiger partial charge < -0.3 is 4.74 Å². The molecule has 0 aliphatic heterocycles. The van der Waals surface area contributed by atoms with Crippen molar-refractivity contribution in [2.45, 2.75) is 38.6 Å². The van der Waals surface area contributed by atoms with E-state index in [1.54, 1.807) is 6.33 Å². The molecule has 1 aliphatic rings. The van der Waals surface area contributed by atoms with Crippen LogP contribution in [0.15, 0.2) is 55.0 Å². The number of hydrogen-bond donors (Lipinski definition) is 0. The van der Waals surface area contributed by atoms with E-state index >= 15 is 0 Å². The molecule has 4 rings (SSSR count). The zero-order valence-electron chi connectivity index (χ0n) is 16.0. The highest BCUT2D eigenvalue weighted by Gasteiger charge is 2.25. The minimum absolute atomic E-state index is 0.632. The van der Waals surface area contributed by atoms with Crippen LogP contribution in [0.2, 0.25) is 0 Å². The van der Waals surface area contributed by atoms with Crippen molar-refractivity contribution >= 4 is 10.9 Å². The summed E-state index contributed by atoms with van der Waals surface area (Å²) < 4.78 is 6.06. The molecule has 0 saturated heterocycles. The molecule has 0 saturated carbocycles. The van der Waals surface area contributed by atoms with Gasteiger partial charge in [0.15, 0.2) is 0 Å². The Morgan fingerprint density at radius 1 is 1.04 bits per heavy atom. The van der Waals surface area contributed by atoms with E-state index in [-0.39, 0.29) is 0 Å². The van der Waals surface area contributed by atoms with Gasteiger partial charge in [0.05, 0.1) is 6.61 Å². The first-order chi connectivity index (χ1) is 13.3. The molecule has 4 heteroatoms. The molecule has 0 N–H and O–H groups in total. The largest absolute Gasteiger partial charge is 0.491 e. The molecule has 0 atom stereocenters. The topological polar surface area (TPSA) is 38.2 Å². The Bertz CT molecular complexity index is 865. The highest BCUT2D eigenvalue weighted by atomic mass is 16.5. The molecule has 3 aromatic rings. The first kappa shape index (κ1) is 17.9. The molecule has 0 unspecified atom stereocenters. The van der Waals surface area contributed by atoms with Crippen molar-refractivity contribution in [2.75, 3.05) is 19.7 Å². The lowest BCUT2D eigenvalue weighted by Gasteiger charge is -2.28. The molecule has 0 bridgehead atoms. The number of fused-ring (bicyclic) bond motifs is 2. The van der Waals surface area contributed by atoms with Crippen LogP contribution in [0.25, 0.3) is 10.9 Å². The standard InChI is InChI=1S/C23H27N3O/c1-2-11-26(21-14-18-7-3-4-8-19(18)15-21)12-6-13-27-22-10-5-9-20-16-24-17-25-23(20)22/h3-5,7-10,16-17,21H,2,6,11-15H2,1H3. The fraction of sp³-hybridized carbons (Fsp3) is 0.391. The highest BCUT2D eigenvalue weighted by Crippen LogP contribution is 2.26. The third-order valence-electron chi connectivity index (χ3n) is 5.40. The second-order valence-corrected chi connectivity index (χ2v) is 7.29. The van der Waals surface area contributed by atoms with E-state index < -0.39 is 0 Å². The first-order valence-corrected chi connectivity index (χ1v) is 9.97.